The minimum atomic E-state index is -0.765. The van der Waals surface area contributed by atoms with E-state index in [0.29, 0.717) is 0 Å². The zero-order valence-corrected chi connectivity index (χ0v) is 8.75. The Morgan fingerprint density at radius 2 is 1.92 bits per heavy atom. The monoisotopic (exact) mass is 298 g/mol. The number of carbonyl (C=O) groups is 1. The maximum absolute atomic E-state index is 13.0. The molecule has 1 aromatic rings. The Morgan fingerprint density at radius 3 is 2.42 bits per heavy atom. The molecule has 0 spiro atoms. The predicted molar refractivity (Wildman–Crippen MR) is 47.1 cm³/mol. The molecule has 0 fully saturated rings. The summed E-state index contributed by atoms with van der Waals surface area (Å²) in [4.78, 5) is 10.3. The van der Waals surface area contributed by atoms with Crippen molar-refractivity contribution in [1.29, 1.82) is 0 Å². The Bertz CT molecular complexity index is 312. The molecule has 0 aliphatic heterocycles. The van der Waals surface area contributed by atoms with E-state index in [1.54, 1.807) is 0 Å². The van der Waals surface area contributed by atoms with Crippen molar-refractivity contribution in [2.24, 2.45) is 0 Å². The molecule has 0 radical (unpaired) electrons. The second-order valence-electron chi connectivity index (χ2n) is 2.00. The van der Waals surface area contributed by atoms with E-state index in [0.717, 1.165) is 6.07 Å². The molecule has 0 N–H and O–H groups in total. The van der Waals surface area contributed by atoms with Gasteiger partial charge in [-0.3, -0.25) is 4.79 Å². The summed E-state index contributed by atoms with van der Waals surface area (Å²) in [6.45, 7) is 0. The second-order valence-corrected chi connectivity index (χ2v) is 3.65. The van der Waals surface area contributed by atoms with Crippen LogP contribution < -0.4 is 0 Å². The van der Waals surface area contributed by atoms with Crippen molar-refractivity contribution in [1.82, 2.24) is 0 Å². The first kappa shape index (κ1) is 9.80. The minimum Gasteiger partial charge on any atom is -0.298 e. The van der Waals surface area contributed by atoms with Gasteiger partial charge < -0.3 is 0 Å². The van der Waals surface area contributed by atoms with Gasteiger partial charge in [-0.15, -0.1) is 0 Å². The topological polar surface area (TPSA) is 17.1 Å². The van der Waals surface area contributed by atoms with Gasteiger partial charge in [0.25, 0.3) is 0 Å². The molecule has 0 bridgehead atoms. The van der Waals surface area contributed by atoms with E-state index in [4.69, 9.17) is 0 Å². The highest BCUT2D eigenvalue weighted by atomic mass is 79.9. The van der Waals surface area contributed by atoms with Crippen molar-refractivity contribution < 1.29 is 13.6 Å². The molecule has 0 heterocycles. The summed E-state index contributed by atoms with van der Waals surface area (Å²) < 4.78 is 25.6. The van der Waals surface area contributed by atoms with Gasteiger partial charge in [0.1, 0.15) is 11.6 Å². The van der Waals surface area contributed by atoms with Crippen molar-refractivity contribution >= 4 is 38.1 Å². The van der Waals surface area contributed by atoms with Gasteiger partial charge in [-0.1, -0.05) is 0 Å². The number of hydrogen-bond acceptors (Lipinski definition) is 1. The lowest BCUT2D eigenvalue weighted by molar-refractivity contribution is 0.111. The summed E-state index contributed by atoms with van der Waals surface area (Å²) in [5.41, 5.74) is -0.318. The van der Waals surface area contributed by atoms with Crippen LogP contribution in [0.2, 0.25) is 0 Å². The molecule has 0 unspecified atom stereocenters. The van der Waals surface area contributed by atoms with Crippen molar-refractivity contribution in [3.8, 4) is 0 Å². The third-order valence-corrected chi connectivity index (χ3v) is 2.65. The summed E-state index contributed by atoms with van der Waals surface area (Å²) in [5, 5.41) is 0. The van der Waals surface area contributed by atoms with Crippen LogP contribution in [0.15, 0.2) is 15.0 Å². The number of carbonyl (C=O) groups excluding carboxylic acids is 1. The molecule has 0 aliphatic carbocycles. The van der Waals surface area contributed by atoms with Gasteiger partial charge in [0, 0.05) is 0 Å². The zero-order chi connectivity index (χ0) is 9.30. The van der Waals surface area contributed by atoms with E-state index in [1.807, 2.05) is 0 Å². The van der Waals surface area contributed by atoms with Crippen molar-refractivity contribution in [3.63, 3.8) is 0 Å². The maximum atomic E-state index is 13.0. The van der Waals surface area contributed by atoms with Crippen LogP contribution in [-0.2, 0) is 0 Å². The first-order valence-corrected chi connectivity index (χ1v) is 4.44. The molecule has 5 heteroatoms. The molecule has 0 saturated heterocycles. The Morgan fingerprint density at radius 1 is 1.33 bits per heavy atom. The fourth-order valence-corrected chi connectivity index (χ4v) is 1.49. The molecular formula is C7H2Br2F2O. The van der Waals surface area contributed by atoms with Crippen molar-refractivity contribution in [2.75, 3.05) is 0 Å². The average molecular weight is 300 g/mol. The van der Waals surface area contributed by atoms with Gasteiger partial charge in [-0.2, -0.15) is 0 Å². The third-order valence-electron chi connectivity index (χ3n) is 1.26. The van der Waals surface area contributed by atoms with Gasteiger partial charge in [-0.25, -0.2) is 8.78 Å². The Labute approximate surface area is 84.0 Å². The Kier molecular flexibility index (Phi) is 2.95. The van der Waals surface area contributed by atoms with E-state index < -0.39 is 11.6 Å². The largest absolute Gasteiger partial charge is 0.298 e. The van der Waals surface area contributed by atoms with Crippen molar-refractivity contribution in [2.45, 2.75) is 0 Å². The number of benzene rings is 1. The highest BCUT2D eigenvalue weighted by Gasteiger charge is 2.14. The first-order chi connectivity index (χ1) is 5.57. The predicted octanol–water partition coefficient (Wildman–Crippen LogP) is 3.30. The molecule has 1 nitrogen and oxygen atoms in total. The second kappa shape index (κ2) is 3.62. The number of aldehydes is 1. The quantitative estimate of drug-likeness (QED) is 0.574. The lowest BCUT2D eigenvalue weighted by atomic mass is 10.2. The average Bonchev–Trinajstić information content (AvgIpc) is 2.02. The van der Waals surface area contributed by atoms with Crippen LogP contribution >= 0.6 is 31.9 Å². The fraction of sp³-hybridized carbons (Fsp3) is 0. The smallest absolute Gasteiger partial charge is 0.154 e. The summed E-state index contributed by atoms with van der Waals surface area (Å²) in [6, 6.07) is 0.951. The van der Waals surface area contributed by atoms with E-state index in [-0.39, 0.29) is 20.8 Å². The summed E-state index contributed by atoms with van der Waals surface area (Å²) in [7, 11) is 0. The molecule has 0 saturated carbocycles. The van der Waals surface area contributed by atoms with Crippen LogP contribution in [0.4, 0.5) is 8.78 Å². The van der Waals surface area contributed by atoms with E-state index in [2.05, 4.69) is 31.9 Å². The van der Waals surface area contributed by atoms with E-state index in [1.165, 1.54) is 0 Å². The molecule has 0 atom stereocenters. The van der Waals surface area contributed by atoms with Crippen molar-refractivity contribution in [3.05, 3.63) is 32.2 Å². The summed E-state index contributed by atoms with van der Waals surface area (Å²) in [5.74, 6) is -1.44. The molecule has 0 amide bonds. The van der Waals surface area contributed by atoms with Gasteiger partial charge in [0.2, 0.25) is 0 Å². The van der Waals surface area contributed by atoms with Gasteiger partial charge in [0.15, 0.2) is 6.29 Å². The third kappa shape index (κ3) is 1.56. The molecule has 0 aromatic heterocycles. The molecule has 64 valence electrons. The number of hydrogen-bond donors (Lipinski definition) is 0. The Hall–Kier alpha value is -0.290. The van der Waals surface area contributed by atoms with Crippen LogP contribution in [0.1, 0.15) is 10.4 Å². The molecule has 1 rings (SSSR count). The van der Waals surface area contributed by atoms with Gasteiger partial charge in [0.05, 0.1) is 14.5 Å². The first-order valence-electron chi connectivity index (χ1n) is 2.86. The van der Waals surface area contributed by atoms with E-state index >= 15 is 0 Å². The molecule has 1 aromatic carbocycles. The minimum absolute atomic E-state index is 0.0645. The van der Waals surface area contributed by atoms with Crippen LogP contribution in [0.5, 0.6) is 0 Å². The van der Waals surface area contributed by atoms with E-state index in [9.17, 15) is 13.6 Å². The highest BCUT2D eigenvalue weighted by Crippen LogP contribution is 2.27. The molecular weight excluding hydrogens is 298 g/mol. The van der Waals surface area contributed by atoms with Crippen LogP contribution in [0.3, 0.4) is 0 Å². The van der Waals surface area contributed by atoms with Gasteiger partial charge >= 0.3 is 0 Å². The summed E-state index contributed by atoms with van der Waals surface area (Å²) in [6.07, 6.45) is 0.257. The SMILES string of the molecule is O=Cc1c(F)c(Br)cc(F)c1Br. The molecule has 12 heavy (non-hydrogen) atoms. The maximum Gasteiger partial charge on any atom is 0.154 e. The summed E-state index contributed by atoms with van der Waals surface area (Å²) >= 11 is 5.54. The lowest BCUT2D eigenvalue weighted by Crippen LogP contribution is -1.94. The number of halogens is 4. The van der Waals surface area contributed by atoms with Crippen LogP contribution in [-0.4, -0.2) is 6.29 Å². The van der Waals surface area contributed by atoms with Gasteiger partial charge in [-0.05, 0) is 37.9 Å². The normalized spacial score (nSPS) is 10.0. The fourth-order valence-electron chi connectivity index (χ4n) is 0.695. The number of rotatable bonds is 1. The standard InChI is InChI=1S/C7H2Br2F2O/c8-4-1-5(10)6(9)3(2-12)7(4)11/h1-2H. The van der Waals surface area contributed by atoms with Crippen LogP contribution in [0.25, 0.3) is 0 Å². The highest BCUT2D eigenvalue weighted by molar-refractivity contribution is 9.11. The zero-order valence-electron chi connectivity index (χ0n) is 5.57. The van der Waals surface area contributed by atoms with Crippen LogP contribution in [0, 0.1) is 11.6 Å². The Balaban J connectivity index is 3.52. The molecule has 0 aliphatic rings. The lowest BCUT2D eigenvalue weighted by Gasteiger charge is -2.01.